The minimum Gasteiger partial charge on any atom is -0.340 e. The largest absolute Gasteiger partial charge is 0.340 e. The van der Waals surface area contributed by atoms with Crippen molar-refractivity contribution in [1.29, 1.82) is 0 Å². The van der Waals surface area contributed by atoms with Gasteiger partial charge in [-0.15, -0.1) is 0 Å². The first-order chi connectivity index (χ1) is 10.9. The molecule has 4 heteroatoms. The van der Waals surface area contributed by atoms with Crippen LogP contribution < -0.4 is 0 Å². The summed E-state index contributed by atoms with van der Waals surface area (Å²) in [5.74, 6) is 0.806. The zero-order chi connectivity index (χ0) is 17.0. The van der Waals surface area contributed by atoms with Gasteiger partial charge in [-0.25, -0.2) is 0 Å². The number of ketones is 1. The fourth-order valence-corrected chi connectivity index (χ4v) is 2.96. The Morgan fingerprint density at radius 3 is 2.35 bits per heavy atom. The third-order valence-corrected chi connectivity index (χ3v) is 4.37. The molecule has 0 atom stereocenters. The van der Waals surface area contributed by atoms with Crippen LogP contribution in [0.15, 0.2) is 18.2 Å². The Morgan fingerprint density at radius 2 is 1.74 bits per heavy atom. The van der Waals surface area contributed by atoms with Gasteiger partial charge in [0.2, 0.25) is 5.91 Å². The van der Waals surface area contributed by atoms with Gasteiger partial charge in [-0.2, -0.15) is 0 Å². The van der Waals surface area contributed by atoms with Crippen molar-refractivity contribution in [1.82, 2.24) is 9.80 Å². The Balaban J connectivity index is 1.88. The zero-order valence-corrected chi connectivity index (χ0v) is 14.8. The zero-order valence-electron chi connectivity index (χ0n) is 14.8. The van der Waals surface area contributed by atoms with Crippen LogP contribution in [-0.4, -0.2) is 54.2 Å². The molecule has 1 fully saturated rings. The van der Waals surface area contributed by atoms with Gasteiger partial charge in [-0.3, -0.25) is 14.5 Å². The van der Waals surface area contributed by atoms with Crippen LogP contribution in [-0.2, 0) is 4.79 Å². The summed E-state index contributed by atoms with van der Waals surface area (Å²) in [6.45, 7) is 11.6. The van der Waals surface area contributed by atoms with Gasteiger partial charge in [-0.1, -0.05) is 31.5 Å². The van der Waals surface area contributed by atoms with E-state index in [2.05, 4.69) is 18.7 Å². The molecule has 1 aromatic rings. The number of hydrogen-bond acceptors (Lipinski definition) is 3. The number of Topliss-reactive ketones (excluding diaryl/α,β-unsaturated/α-hetero) is 1. The average Bonchev–Trinajstić information content (AvgIpc) is 2.49. The molecule has 4 nitrogen and oxygen atoms in total. The van der Waals surface area contributed by atoms with Gasteiger partial charge in [0.1, 0.15) is 0 Å². The molecule has 126 valence electrons. The lowest BCUT2D eigenvalue weighted by Gasteiger charge is -2.34. The normalized spacial score (nSPS) is 16.0. The van der Waals surface area contributed by atoms with Crippen molar-refractivity contribution in [2.45, 2.75) is 34.1 Å². The van der Waals surface area contributed by atoms with Crippen LogP contribution in [0.1, 0.15) is 41.8 Å². The molecule has 0 unspecified atom stereocenters. The van der Waals surface area contributed by atoms with Crippen LogP contribution >= 0.6 is 0 Å². The minimum atomic E-state index is 0.174. The molecule has 1 heterocycles. The topological polar surface area (TPSA) is 40.6 Å². The van der Waals surface area contributed by atoms with Crippen LogP contribution in [0.3, 0.4) is 0 Å². The first-order valence-corrected chi connectivity index (χ1v) is 8.47. The van der Waals surface area contributed by atoms with E-state index in [1.165, 1.54) is 0 Å². The summed E-state index contributed by atoms with van der Waals surface area (Å²) in [5, 5.41) is 0. The smallest absolute Gasteiger partial charge is 0.222 e. The van der Waals surface area contributed by atoms with Crippen molar-refractivity contribution >= 4 is 11.7 Å². The van der Waals surface area contributed by atoms with Gasteiger partial charge in [0.05, 0.1) is 6.54 Å². The second kappa shape index (κ2) is 7.73. The van der Waals surface area contributed by atoms with Crippen LogP contribution in [0.2, 0.25) is 0 Å². The van der Waals surface area contributed by atoms with Gasteiger partial charge in [0.25, 0.3) is 0 Å². The van der Waals surface area contributed by atoms with Crippen molar-refractivity contribution < 1.29 is 9.59 Å². The maximum absolute atomic E-state index is 12.5. The highest BCUT2D eigenvalue weighted by atomic mass is 16.2. The molecule has 0 bridgehead atoms. The van der Waals surface area contributed by atoms with Gasteiger partial charge < -0.3 is 4.90 Å². The first-order valence-electron chi connectivity index (χ1n) is 8.47. The number of piperazine rings is 1. The van der Waals surface area contributed by atoms with Crippen molar-refractivity contribution in [3.8, 4) is 0 Å². The second-order valence-corrected chi connectivity index (χ2v) is 7.00. The van der Waals surface area contributed by atoms with Crippen molar-refractivity contribution in [3.05, 3.63) is 34.9 Å². The Bertz CT molecular complexity index is 573. The van der Waals surface area contributed by atoms with Gasteiger partial charge in [-0.05, 0) is 31.4 Å². The number of nitrogens with zero attached hydrogens (tertiary/aromatic N) is 2. The van der Waals surface area contributed by atoms with Crippen LogP contribution in [0.25, 0.3) is 0 Å². The number of amides is 1. The lowest BCUT2D eigenvalue weighted by Crippen LogP contribution is -2.50. The molecule has 1 saturated heterocycles. The molecule has 23 heavy (non-hydrogen) atoms. The molecule has 0 saturated carbocycles. The molecule has 1 amide bonds. The van der Waals surface area contributed by atoms with E-state index in [1.807, 2.05) is 36.9 Å². The van der Waals surface area contributed by atoms with Gasteiger partial charge in [0, 0.05) is 38.2 Å². The van der Waals surface area contributed by atoms with E-state index in [9.17, 15) is 9.59 Å². The highest BCUT2D eigenvalue weighted by Crippen LogP contribution is 2.13. The molecule has 1 aromatic carbocycles. The van der Waals surface area contributed by atoms with Crippen molar-refractivity contribution in [2.24, 2.45) is 5.92 Å². The molecule has 0 spiro atoms. The molecule has 0 aliphatic carbocycles. The summed E-state index contributed by atoms with van der Waals surface area (Å²) in [7, 11) is 0. The molecule has 1 aliphatic heterocycles. The highest BCUT2D eigenvalue weighted by Gasteiger charge is 2.23. The highest BCUT2D eigenvalue weighted by molar-refractivity contribution is 5.99. The van der Waals surface area contributed by atoms with E-state index in [1.54, 1.807) is 0 Å². The maximum Gasteiger partial charge on any atom is 0.222 e. The summed E-state index contributed by atoms with van der Waals surface area (Å²) in [6.07, 6.45) is 0.613. The fourth-order valence-electron chi connectivity index (χ4n) is 2.96. The van der Waals surface area contributed by atoms with Crippen molar-refractivity contribution in [3.63, 3.8) is 0 Å². The van der Waals surface area contributed by atoms with Crippen molar-refractivity contribution in [2.75, 3.05) is 32.7 Å². The molecular formula is C19H28N2O2. The quantitative estimate of drug-likeness (QED) is 0.784. The third kappa shape index (κ3) is 4.90. The van der Waals surface area contributed by atoms with Crippen LogP contribution in [0.4, 0.5) is 0 Å². The predicted octanol–water partition coefficient (Wildman–Crippen LogP) is 2.68. The Hall–Kier alpha value is -1.68. The summed E-state index contributed by atoms with van der Waals surface area (Å²) >= 11 is 0. The SMILES string of the molecule is Cc1ccc(C)c(C(=O)CN2CCN(C(=O)CC(C)C)CC2)c1. The van der Waals surface area contributed by atoms with Gasteiger partial charge in [0.15, 0.2) is 5.78 Å². The maximum atomic E-state index is 12.5. The molecule has 0 aromatic heterocycles. The fraction of sp³-hybridized carbons (Fsp3) is 0.579. The number of benzene rings is 1. The molecule has 0 radical (unpaired) electrons. The lowest BCUT2D eigenvalue weighted by atomic mass is 10.0. The number of hydrogen-bond donors (Lipinski definition) is 0. The summed E-state index contributed by atoms with van der Waals surface area (Å²) in [6, 6.07) is 6.01. The summed E-state index contributed by atoms with van der Waals surface area (Å²) in [4.78, 5) is 28.7. The van der Waals surface area contributed by atoms with Crippen LogP contribution in [0.5, 0.6) is 0 Å². The number of carbonyl (C=O) groups excluding carboxylic acids is 2. The summed E-state index contributed by atoms with van der Waals surface area (Å²) in [5.41, 5.74) is 2.97. The van der Waals surface area contributed by atoms with E-state index in [0.717, 1.165) is 42.9 Å². The van der Waals surface area contributed by atoms with E-state index in [0.29, 0.717) is 18.9 Å². The number of carbonyl (C=O) groups is 2. The Morgan fingerprint density at radius 1 is 1.09 bits per heavy atom. The molecular weight excluding hydrogens is 288 g/mol. The standard InChI is InChI=1S/C19H28N2O2/c1-14(2)11-19(23)21-9-7-20(8-10-21)13-18(22)17-12-15(3)5-6-16(17)4/h5-6,12,14H,7-11,13H2,1-4H3. The Kier molecular flexibility index (Phi) is 5.94. The van der Waals surface area contributed by atoms with E-state index >= 15 is 0 Å². The Labute approximate surface area is 139 Å². The first kappa shape index (κ1) is 17.7. The van der Waals surface area contributed by atoms with Gasteiger partial charge >= 0.3 is 0 Å². The lowest BCUT2D eigenvalue weighted by molar-refractivity contribution is -0.133. The minimum absolute atomic E-state index is 0.174. The van der Waals surface area contributed by atoms with E-state index in [4.69, 9.17) is 0 Å². The number of rotatable bonds is 5. The third-order valence-electron chi connectivity index (χ3n) is 4.37. The predicted molar refractivity (Wildman–Crippen MR) is 92.7 cm³/mol. The second-order valence-electron chi connectivity index (χ2n) is 7.00. The molecule has 1 aliphatic rings. The van der Waals surface area contributed by atoms with E-state index in [-0.39, 0.29) is 11.7 Å². The molecule has 2 rings (SSSR count). The molecule has 0 N–H and O–H groups in total. The average molecular weight is 316 g/mol. The summed E-state index contributed by atoms with van der Waals surface area (Å²) < 4.78 is 0. The monoisotopic (exact) mass is 316 g/mol. The van der Waals surface area contributed by atoms with E-state index < -0.39 is 0 Å². The van der Waals surface area contributed by atoms with Crippen LogP contribution in [0, 0.1) is 19.8 Å². The number of aryl methyl sites for hydroxylation is 2.